The van der Waals surface area contributed by atoms with Crippen LogP contribution in [0.4, 0.5) is 0 Å². The van der Waals surface area contributed by atoms with Crippen LogP contribution in [0.1, 0.15) is 20.8 Å². The molecule has 1 N–H and O–H groups in total. The van der Waals surface area contributed by atoms with E-state index < -0.39 is 6.29 Å². The minimum Gasteiger partial charge on any atom is -0.481 e. The fourth-order valence-corrected chi connectivity index (χ4v) is 1.76. The molecule has 1 aliphatic carbocycles. The summed E-state index contributed by atoms with van der Waals surface area (Å²) in [5.74, 6) is 0.964. The summed E-state index contributed by atoms with van der Waals surface area (Å²) in [6, 6.07) is 0. The summed E-state index contributed by atoms with van der Waals surface area (Å²) in [6.07, 6.45) is 3.63. The average Bonchev–Trinajstić information content (AvgIpc) is 2.25. The van der Waals surface area contributed by atoms with Gasteiger partial charge in [0.15, 0.2) is 0 Å². The maximum absolute atomic E-state index is 7.57. The average molecular weight is 227 g/mol. The fourth-order valence-electron chi connectivity index (χ4n) is 1.76. The van der Waals surface area contributed by atoms with Crippen LogP contribution in [0.25, 0.3) is 0 Å². The number of rotatable bonds is 6. The van der Waals surface area contributed by atoms with Gasteiger partial charge in [0.1, 0.15) is 0 Å². The molecule has 16 heavy (non-hydrogen) atoms. The third-order valence-corrected chi connectivity index (χ3v) is 2.88. The first-order chi connectivity index (χ1) is 7.60. The molecule has 3 unspecified atom stereocenters. The van der Waals surface area contributed by atoms with E-state index >= 15 is 0 Å². The fraction of sp³-hybridized carbons (Fsp3) is 0.750. The van der Waals surface area contributed by atoms with Gasteiger partial charge in [-0.1, -0.05) is 19.1 Å². The molecule has 0 aliphatic heterocycles. The third-order valence-electron chi connectivity index (χ3n) is 2.88. The van der Waals surface area contributed by atoms with E-state index in [1.54, 1.807) is 0 Å². The summed E-state index contributed by atoms with van der Waals surface area (Å²) in [7, 11) is 1.45. The van der Waals surface area contributed by atoms with Gasteiger partial charge in [-0.15, -0.1) is 0 Å². The second-order valence-corrected chi connectivity index (χ2v) is 4.02. The van der Waals surface area contributed by atoms with Gasteiger partial charge in [-0.25, -0.2) is 0 Å². The molecule has 0 aromatic rings. The van der Waals surface area contributed by atoms with Gasteiger partial charge in [-0.2, -0.15) is 0 Å². The van der Waals surface area contributed by atoms with E-state index in [-0.39, 0.29) is 12.0 Å². The number of hydrogen-bond acceptors (Lipinski definition) is 4. The van der Waals surface area contributed by atoms with Gasteiger partial charge in [0.05, 0.1) is 13.2 Å². The molecule has 0 spiro atoms. The lowest BCUT2D eigenvalue weighted by atomic mass is 9.80. The molecular formula is C12H21NO3. The molecule has 92 valence electrons. The highest BCUT2D eigenvalue weighted by atomic mass is 16.7. The lowest BCUT2D eigenvalue weighted by molar-refractivity contribution is -0.144. The van der Waals surface area contributed by atoms with Gasteiger partial charge >= 0.3 is 0 Å². The van der Waals surface area contributed by atoms with Crippen LogP contribution in [0.3, 0.4) is 0 Å². The van der Waals surface area contributed by atoms with Crippen LogP contribution >= 0.6 is 0 Å². The van der Waals surface area contributed by atoms with Crippen molar-refractivity contribution in [3.63, 3.8) is 0 Å². The van der Waals surface area contributed by atoms with Gasteiger partial charge in [-0.05, 0) is 19.8 Å². The Morgan fingerprint density at radius 1 is 1.44 bits per heavy atom. The molecule has 0 aromatic heterocycles. The third kappa shape index (κ3) is 3.06. The number of methoxy groups -OCH3 is 1. The normalized spacial score (nSPS) is 27.0. The van der Waals surface area contributed by atoms with Crippen LogP contribution in [0.5, 0.6) is 0 Å². The molecular weight excluding hydrogens is 206 g/mol. The van der Waals surface area contributed by atoms with Crippen molar-refractivity contribution in [2.75, 3.05) is 13.7 Å². The highest BCUT2D eigenvalue weighted by molar-refractivity contribution is 5.76. The highest BCUT2D eigenvalue weighted by Crippen LogP contribution is 2.30. The van der Waals surface area contributed by atoms with Crippen molar-refractivity contribution >= 4 is 5.90 Å². The zero-order valence-electron chi connectivity index (χ0n) is 10.4. The first kappa shape index (κ1) is 13.2. The number of hydrogen-bond donors (Lipinski definition) is 1. The Balaban J connectivity index is 2.47. The zero-order valence-corrected chi connectivity index (χ0v) is 10.4. The van der Waals surface area contributed by atoms with Crippen LogP contribution in [0.15, 0.2) is 12.2 Å². The molecule has 1 aliphatic rings. The van der Waals surface area contributed by atoms with Gasteiger partial charge in [-0.3, -0.25) is 5.41 Å². The molecule has 0 saturated heterocycles. The Morgan fingerprint density at radius 3 is 2.50 bits per heavy atom. The minimum absolute atomic E-state index is 0.0182. The van der Waals surface area contributed by atoms with Crippen LogP contribution in [-0.2, 0) is 14.2 Å². The molecule has 0 aromatic carbocycles. The second-order valence-electron chi connectivity index (χ2n) is 4.02. The quantitative estimate of drug-likeness (QED) is 0.327. The van der Waals surface area contributed by atoms with E-state index in [9.17, 15) is 0 Å². The Hall–Kier alpha value is -0.870. The first-order valence-corrected chi connectivity index (χ1v) is 5.68. The van der Waals surface area contributed by atoms with Crippen molar-refractivity contribution < 1.29 is 14.2 Å². The second kappa shape index (κ2) is 6.01. The standard InChI is InChI=1S/C12H21NO3/c1-5-15-12(11(13)14-4)16-9(3)10-7-6-8(10)2/h6-10,12-13H,5H2,1-4H3/t8-,9?,10?,12?/m1/s1. The van der Waals surface area contributed by atoms with Crippen molar-refractivity contribution in [3.05, 3.63) is 12.2 Å². The molecule has 0 bridgehead atoms. The monoisotopic (exact) mass is 227 g/mol. The number of ether oxygens (including phenoxy) is 3. The SMILES string of the molecule is CCOC(OC(C)C1C=C[C@H]1C)C(=N)OC. The van der Waals surface area contributed by atoms with Gasteiger partial charge < -0.3 is 14.2 Å². The maximum atomic E-state index is 7.57. The van der Waals surface area contributed by atoms with E-state index in [0.29, 0.717) is 18.4 Å². The van der Waals surface area contributed by atoms with Crippen molar-refractivity contribution in [1.29, 1.82) is 5.41 Å². The van der Waals surface area contributed by atoms with Gasteiger partial charge in [0, 0.05) is 12.5 Å². The minimum atomic E-state index is -0.689. The lowest BCUT2D eigenvalue weighted by Crippen LogP contribution is -2.37. The smallest absolute Gasteiger partial charge is 0.239 e. The van der Waals surface area contributed by atoms with E-state index in [2.05, 4.69) is 19.1 Å². The summed E-state index contributed by atoms with van der Waals surface area (Å²) in [5.41, 5.74) is 0. The van der Waals surface area contributed by atoms with Crippen LogP contribution in [0.2, 0.25) is 0 Å². The summed E-state index contributed by atoms with van der Waals surface area (Å²) in [5, 5.41) is 7.57. The van der Waals surface area contributed by atoms with Crippen LogP contribution < -0.4 is 0 Å². The number of nitrogens with one attached hydrogen (secondary N) is 1. The van der Waals surface area contributed by atoms with Gasteiger partial charge in [0.25, 0.3) is 0 Å². The van der Waals surface area contributed by atoms with Crippen molar-refractivity contribution in [1.82, 2.24) is 0 Å². The summed E-state index contributed by atoms with van der Waals surface area (Å²) in [4.78, 5) is 0. The predicted molar refractivity (Wildman–Crippen MR) is 62.5 cm³/mol. The maximum Gasteiger partial charge on any atom is 0.239 e. The Kier molecular flexibility index (Phi) is 4.96. The van der Waals surface area contributed by atoms with Crippen molar-refractivity contribution in [3.8, 4) is 0 Å². The van der Waals surface area contributed by atoms with Crippen molar-refractivity contribution in [2.45, 2.75) is 33.2 Å². The molecule has 4 atom stereocenters. The molecule has 0 radical (unpaired) electrons. The van der Waals surface area contributed by atoms with Gasteiger partial charge in [0.2, 0.25) is 12.2 Å². The summed E-state index contributed by atoms with van der Waals surface area (Å²) >= 11 is 0. The molecule has 0 fully saturated rings. The Bertz CT molecular complexity index is 265. The van der Waals surface area contributed by atoms with Crippen LogP contribution in [0, 0.1) is 17.2 Å². The van der Waals surface area contributed by atoms with E-state index in [0.717, 1.165) is 0 Å². The van der Waals surface area contributed by atoms with E-state index in [4.69, 9.17) is 19.6 Å². The molecule has 4 nitrogen and oxygen atoms in total. The Morgan fingerprint density at radius 2 is 2.12 bits per heavy atom. The largest absolute Gasteiger partial charge is 0.481 e. The summed E-state index contributed by atoms with van der Waals surface area (Å²) < 4.78 is 15.9. The summed E-state index contributed by atoms with van der Waals surface area (Å²) in [6.45, 7) is 6.52. The van der Waals surface area contributed by atoms with E-state index in [1.807, 2.05) is 13.8 Å². The molecule has 1 rings (SSSR count). The molecule has 0 amide bonds. The zero-order chi connectivity index (χ0) is 12.1. The highest BCUT2D eigenvalue weighted by Gasteiger charge is 2.30. The lowest BCUT2D eigenvalue weighted by Gasteiger charge is -2.33. The topological polar surface area (TPSA) is 51.5 Å². The first-order valence-electron chi connectivity index (χ1n) is 5.68. The van der Waals surface area contributed by atoms with E-state index in [1.165, 1.54) is 7.11 Å². The molecule has 0 saturated carbocycles. The Labute approximate surface area is 97.1 Å². The molecule has 0 heterocycles. The van der Waals surface area contributed by atoms with Crippen LogP contribution in [-0.4, -0.2) is 32.0 Å². The van der Waals surface area contributed by atoms with Crippen molar-refractivity contribution in [2.24, 2.45) is 11.8 Å². The molecule has 4 heteroatoms. The predicted octanol–water partition coefficient (Wildman–Crippen LogP) is 2.20. The number of allylic oxidation sites excluding steroid dienone is 1.